The second-order valence-corrected chi connectivity index (χ2v) is 6.58. The van der Waals surface area contributed by atoms with Crippen LogP contribution in [0.2, 0.25) is 0 Å². The first-order valence-corrected chi connectivity index (χ1v) is 8.71. The van der Waals surface area contributed by atoms with Crippen LogP contribution >= 0.6 is 0 Å². The monoisotopic (exact) mass is 738 g/mol. The van der Waals surface area contributed by atoms with Gasteiger partial charge in [-0.05, 0) is 18.2 Å². The average molecular weight is 738 g/mol. The molecule has 0 unspecified atom stereocenters. The Morgan fingerprint density at radius 3 is 1.00 bits per heavy atom. The van der Waals surface area contributed by atoms with E-state index in [0.29, 0.717) is 17.5 Å². The molecule has 4 heterocycles. The molecule has 0 amide bonds. The molecule has 4 aromatic rings. The molecule has 0 aromatic carbocycles. The topological polar surface area (TPSA) is 50.3 Å². The number of hydrogen-bond acceptors (Lipinski definition) is 3. The highest BCUT2D eigenvalue weighted by Crippen LogP contribution is 2.22. The number of hydrogen-bond donors (Lipinski definition) is 0. The van der Waals surface area contributed by atoms with Gasteiger partial charge in [0, 0.05) is 18.2 Å². The van der Waals surface area contributed by atoms with Gasteiger partial charge in [-0.1, -0.05) is 0 Å². The number of rotatable bonds is 3. The normalized spacial score (nSPS) is 9.70. The van der Waals surface area contributed by atoms with E-state index >= 15 is 0 Å². The van der Waals surface area contributed by atoms with E-state index in [1.807, 2.05) is 108 Å². The third-order valence-corrected chi connectivity index (χ3v) is 4.23. The van der Waals surface area contributed by atoms with Gasteiger partial charge >= 0.3 is 0 Å². The van der Waals surface area contributed by atoms with E-state index < -0.39 is 0 Å². The molecule has 6 nitrogen and oxygen atoms in total. The van der Waals surface area contributed by atoms with Crippen LogP contribution in [0.5, 0.6) is 0 Å². The average Bonchev–Trinajstić information content (AvgIpc) is 2.68. The number of aromatic nitrogens is 6. The van der Waals surface area contributed by atoms with Gasteiger partial charge in [-0.2, -0.15) is 0 Å². The van der Waals surface area contributed by atoms with Crippen molar-refractivity contribution in [2.75, 3.05) is 0 Å². The molecule has 0 fully saturated rings. The second-order valence-electron chi connectivity index (χ2n) is 6.58. The Hall–Kier alpha value is -1.35. The fourth-order valence-electron chi connectivity index (χ4n) is 2.92. The molecule has 4 rings (SSSR count). The molecule has 30 heavy (non-hydrogen) atoms. The smallest absolute Gasteiger partial charge is 0.179 e. The number of nitrogens with zero attached hydrogens (tertiary/aromatic N) is 6. The van der Waals surface area contributed by atoms with Crippen molar-refractivity contribution in [2.24, 2.45) is 21.1 Å². The van der Waals surface area contributed by atoms with Gasteiger partial charge in [-0.15, -0.1) is 0 Å². The lowest BCUT2D eigenvalue weighted by Gasteiger charge is -2.06. The second kappa shape index (κ2) is 11.9. The zero-order chi connectivity index (χ0) is 18.8. The fourth-order valence-corrected chi connectivity index (χ4v) is 2.92. The highest BCUT2D eigenvalue weighted by Gasteiger charge is 2.16. The highest BCUT2D eigenvalue weighted by atomic mass is 127. The van der Waals surface area contributed by atoms with Gasteiger partial charge in [-0.3, -0.25) is 0 Å². The molecule has 9 heteroatoms. The predicted octanol–water partition coefficient (Wildman–Crippen LogP) is -7.64. The lowest BCUT2D eigenvalue weighted by atomic mass is 10.2. The van der Waals surface area contributed by atoms with Crippen LogP contribution in [0.15, 0.2) is 73.6 Å². The van der Waals surface area contributed by atoms with Crippen LogP contribution < -0.4 is 85.6 Å². The summed E-state index contributed by atoms with van der Waals surface area (Å²) in [5, 5.41) is 0. The molecule has 0 atom stereocenters. The molecule has 0 spiro atoms. The predicted molar refractivity (Wildman–Crippen MR) is 99.7 cm³/mol. The van der Waals surface area contributed by atoms with Crippen molar-refractivity contribution in [3.63, 3.8) is 0 Å². The maximum atomic E-state index is 4.75. The minimum absolute atomic E-state index is 0. The van der Waals surface area contributed by atoms with Gasteiger partial charge in [0.15, 0.2) is 54.7 Å². The van der Waals surface area contributed by atoms with Crippen molar-refractivity contribution >= 4 is 0 Å². The summed E-state index contributed by atoms with van der Waals surface area (Å²) in [5.41, 5.74) is 2.85. The molecule has 156 valence electrons. The molecular weight excluding hydrogens is 717 g/mol. The van der Waals surface area contributed by atoms with E-state index in [1.165, 1.54) is 0 Å². The minimum Gasteiger partial charge on any atom is -1.00 e. The molecule has 4 aromatic heterocycles. The summed E-state index contributed by atoms with van der Waals surface area (Å²) in [6.07, 6.45) is 12.0. The van der Waals surface area contributed by atoms with Gasteiger partial charge in [0.1, 0.15) is 21.1 Å². The van der Waals surface area contributed by atoms with Crippen LogP contribution in [0.4, 0.5) is 0 Å². The molecular formula is C21H21I3N6. The van der Waals surface area contributed by atoms with Crippen molar-refractivity contribution in [3.8, 4) is 34.2 Å². The van der Waals surface area contributed by atoms with Gasteiger partial charge in [-0.25, -0.2) is 28.7 Å². The molecule has 0 N–H and O–H groups in total. The van der Waals surface area contributed by atoms with Crippen LogP contribution in [0, 0.1) is 0 Å². The summed E-state index contributed by atoms with van der Waals surface area (Å²) < 4.78 is 5.97. The Balaban J connectivity index is 0.00000150. The standard InChI is InChI=1S/C21H21N6.3HI/c1-25-10-4-7-16(13-25)19-22-20(17-8-5-11-26(2)14-17)24-21(23-19)18-9-6-12-27(3)15-18;;;/h4-15H,1-3H3;3*1H/q+3;;;/p-3. The van der Waals surface area contributed by atoms with Crippen LogP contribution in [-0.4, -0.2) is 15.0 Å². The lowest BCUT2D eigenvalue weighted by Crippen LogP contribution is -3.00. The zero-order valence-electron chi connectivity index (χ0n) is 16.7. The van der Waals surface area contributed by atoms with Crippen LogP contribution in [0.25, 0.3) is 34.2 Å². The summed E-state index contributed by atoms with van der Waals surface area (Å²) in [7, 11) is 5.96. The Morgan fingerprint density at radius 1 is 0.500 bits per heavy atom. The molecule has 0 saturated carbocycles. The van der Waals surface area contributed by atoms with Crippen molar-refractivity contribution in [1.29, 1.82) is 0 Å². The molecule has 0 radical (unpaired) electrons. The zero-order valence-corrected chi connectivity index (χ0v) is 23.2. The fraction of sp³-hybridized carbons (Fsp3) is 0.143. The maximum Gasteiger partial charge on any atom is 0.179 e. The van der Waals surface area contributed by atoms with Crippen molar-refractivity contribution in [2.45, 2.75) is 0 Å². The SMILES string of the molecule is C[n+]1cccc(-c2nc(-c3ccc[n+](C)c3)nc(-c3ccc[n+](C)c3)n2)c1.[I-].[I-].[I-]. The first kappa shape index (κ1) is 26.7. The highest BCUT2D eigenvalue weighted by molar-refractivity contribution is 5.64. The van der Waals surface area contributed by atoms with E-state index in [-0.39, 0.29) is 71.9 Å². The summed E-state index contributed by atoms with van der Waals surface area (Å²) >= 11 is 0. The van der Waals surface area contributed by atoms with Gasteiger partial charge in [0.25, 0.3) is 0 Å². The van der Waals surface area contributed by atoms with E-state index in [2.05, 4.69) is 0 Å². The Bertz CT molecular complexity index is 983. The molecule has 0 bridgehead atoms. The molecule has 0 saturated heterocycles. The van der Waals surface area contributed by atoms with E-state index in [0.717, 1.165) is 16.7 Å². The van der Waals surface area contributed by atoms with Crippen LogP contribution in [0.1, 0.15) is 0 Å². The molecule has 0 aliphatic heterocycles. The first-order valence-electron chi connectivity index (χ1n) is 8.71. The van der Waals surface area contributed by atoms with Crippen molar-refractivity contribution < 1.29 is 85.6 Å². The van der Waals surface area contributed by atoms with Gasteiger partial charge in [0.2, 0.25) is 0 Å². The van der Waals surface area contributed by atoms with Crippen LogP contribution in [0.3, 0.4) is 0 Å². The van der Waals surface area contributed by atoms with E-state index in [4.69, 9.17) is 15.0 Å². The van der Waals surface area contributed by atoms with Crippen molar-refractivity contribution in [3.05, 3.63) is 73.6 Å². The third kappa shape index (κ3) is 6.33. The summed E-state index contributed by atoms with van der Waals surface area (Å²) in [5.74, 6) is 1.97. The largest absolute Gasteiger partial charge is 1.00 e. The number of pyridine rings is 3. The maximum absolute atomic E-state index is 4.75. The molecule has 0 aliphatic rings. The Morgan fingerprint density at radius 2 is 0.767 bits per heavy atom. The van der Waals surface area contributed by atoms with Gasteiger partial charge in [0.05, 0.1) is 16.7 Å². The first-order chi connectivity index (χ1) is 13.1. The summed E-state index contributed by atoms with van der Waals surface area (Å²) in [4.78, 5) is 14.2. The number of halogens is 3. The van der Waals surface area contributed by atoms with E-state index in [1.54, 1.807) is 0 Å². The Kier molecular flexibility index (Phi) is 10.6. The van der Waals surface area contributed by atoms with Crippen LogP contribution in [-0.2, 0) is 21.1 Å². The van der Waals surface area contributed by atoms with Crippen molar-refractivity contribution in [1.82, 2.24) is 15.0 Å². The minimum atomic E-state index is 0. The number of aryl methyl sites for hydroxylation is 3. The summed E-state index contributed by atoms with van der Waals surface area (Å²) in [6.45, 7) is 0. The van der Waals surface area contributed by atoms with E-state index in [9.17, 15) is 0 Å². The molecule has 0 aliphatic carbocycles. The quantitative estimate of drug-likeness (QED) is 0.155. The lowest BCUT2D eigenvalue weighted by molar-refractivity contribution is -0.671. The van der Waals surface area contributed by atoms with Gasteiger partial charge < -0.3 is 71.9 Å². The third-order valence-electron chi connectivity index (χ3n) is 4.23. The Labute approximate surface area is 227 Å². The summed E-state index contributed by atoms with van der Waals surface area (Å²) in [6, 6.07) is 12.0.